The standard InChI is InChI=1S/C17H19N3O/c1-11-7-14-9-20(10-15(14)8-12(11)2)16-5-3-13(4-6-16)17(21)19-18/h3-8H,9-10,18H2,1-2H3,(H,19,21). The molecule has 1 aliphatic heterocycles. The molecule has 0 aliphatic carbocycles. The lowest BCUT2D eigenvalue weighted by atomic mass is 10.0. The number of nitrogens with two attached hydrogens (primary N) is 1. The van der Waals surface area contributed by atoms with Crippen molar-refractivity contribution >= 4 is 11.6 Å². The fraction of sp³-hybridized carbons (Fsp3) is 0.235. The molecule has 4 nitrogen and oxygen atoms in total. The minimum Gasteiger partial charge on any atom is -0.363 e. The molecule has 0 atom stereocenters. The van der Waals surface area contributed by atoms with Crippen LogP contribution in [0.3, 0.4) is 0 Å². The third-order valence-electron chi connectivity index (χ3n) is 4.16. The number of carbonyl (C=O) groups excluding carboxylic acids is 1. The second-order valence-electron chi connectivity index (χ2n) is 5.58. The Hall–Kier alpha value is -2.33. The van der Waals surface area contributed by atoms with E-state index >= 15 is 0 Å². The van der Waals surface area contributed by atoms with E-state index in [4.69, 9.17) is 5.84 Å². The Kier molecular flexibility index (Phi) is 3.39. The molecule has 0 saturated heterocycles. The molecule has 0 unspecified atom stereocenters. The van der Waals surface area contributed by atoms with Crippen LogP contribution in [0.4, 0.5) is 5.69 Å². The summed E-state index contributed by atoms with van der Waals surface area (Å²) in [6.07, 6.45) is 0. The Labute approximate surface area is 124 Å². The smallest absolute Gasteiger partial charge is 0.265 e. The van der Waals surface area contributed by atoms with Gasteiger partial charge in [0.25, 0.3) is 5.91 Å². The van der Waals surface area contributed by atoms with Crippen molar-refractivity contribution in [2.24, 2.45) is 5.84 Å². The van der Waals surface area contributed by atoms with E-state index in [0.717, 1.165) is 18.8 Å². The summed E-state index contributed by atoms with van der Waals surface area (Å²) in [6, 6.07) is 12.1. The molecule has 0 fully saturated rings. The second-order valence-corrected chi connectivity index (χ2v) is 5.58. The highest BCUT2D eigenvalue weighted by Gasteiger charge is 2.20. The van der Waals surface area contributed by atoms with Crippen molar-refractivity contribution < 1.29 is 4.79 Å². The van der Waals surface area contributed by atoms with Gasteiger partial charge >= 0.3 is 0 Å². The molecule has 0 bridgehead atoms. The molecule has 2 aromatic carbocycles. The molecule has 108 valence electrons. The molecule has 1 amide bonds. The number of hydrazine groups is 1. The average Bonchev–Trinajstić information content (AvgIpc) is 2.90. The first-order valence-corrected chi connectivity index (χ1v) is 7.03. The maximum atomic E-state index is 11.4. The summed E-state index contributed by atoms with van der Waals surface area (Å²) in [5.41, 5.74) is 9.30. The Bertz CT molecular complexity index is 661. The highest BCUT2D eigenvalue weighted by molar-refractivity contribution is 5.94. The van der Waals surface area contributed by atoms with Gasteiger partial charge in [-0.1, -0.05) is 12.1 Å². The number of carbonyl (C=O) groups is 1. The van der Waals surface area contributed by atoms with Gasteiger partial charge in [0.2, 0.25) is 0 Å². The molecule has 0 radical (unpaired) electrons. The molecule has 4 heteroatoms. The lowest BCUT2D eigenvalue weighted by Crippen LogP contribution is -2.29. The van der Waals surface area contributed by atoms with Crippen molar-refractivity contribution in [3.8, 4) is 0 Å². The number of benzene rings is 2. The molecule has 2 aromatic rings. The van der Waals surface area contributed by atoms with Crippen LogP contribution in [0.2, 0.25) is 0 Å². The molecular weight excluding hydrogens is 262 g/mol. The number of aryl methyl sites for hydroxylation is 2. The van der Waals surface area contributed by atoms with Crippen LogP contribution >= 0.6 is 0 Å². The van der Waals surface area contributed by atoms with Crippen molar-refractivity contribution in [2.75, 3.05) is 4.90 Å². The van der Waals surface area contributed by atoms with Gasteiger partial charge in [0, 0.05) is 24.3 Å². The first-order chi connectivity index (χ1) is 10.1. The van der Waals surface area contributed by atoms with Crippen LogP contribution in [0.25, 0.3) is 0 Å². The van der Waals surface area contributed by atoms with Gasteiger partial charge in [0.15, 0.2) is 0 Å². The largest absolute Gasteiger partial charge is 0.363 e. The number of nitrogens with one attached hydrogen (secondary N) is 1. The summed E-state index contributed by atoms with van der Waals surface area (Å²) in [6.45, 7) is 6.13. The zero-order valence-corrected chi connectivity index (χ0v) is 12.3. The molecule has 1 aliphatic rings. The van der Waals surface area contributed by atoms with Gasteiger partial charge in [0.1, 0.15) is 0 Å². The van der Waals surface area contributed by atoms with Gasteiger partial charge < -0.3 is 4.90 Å². The van der Waals surface area contributed by atoms with Gasteiger partial charge in [-0.25, -0.2) is 5.84 Å². The highest BCUT2D eigenvalue weighted by atomic mass is 16.2. The number of anilines is 1. The number of fused-ring (bicyclic) bond motifs is 1. The quantitative estimate of drug-likeness (QED) is 0.505. The highest BCUT2D eigenvalue weighted by Crippen LogP contribution is 2.30. The van der Waals surface area contributed by atoms with Crippen molar-refractivity contribution in [2.45, 2.75) is 26.9 Å². The summed E-state index contributed by atoms with van der Waals surface area (Å²) in [5, 5.41) is 0. The van der Waals surface area contributed by atoms with Crippen molar-refractivity contribution in [3.05, 3.63) is 64.2 Å². The summed E-state index contributed by atoms with van der Waals surface area (Å²) in [7, 11) is 0. The second kappa shape index (κ2) is 5.22. The van der Waals surface area contributed by atoms with Gasteiger partial charge in [-0.3, -0.25) is 10.2 Å². The lowest BCUT2D eigenvalue weighted by Gasteiger charge is -2.17. The normalized spacial score (nSPS) is 13.2. The molecule has 3 N–H and O–H groups in total. The predicted molar refractivity (Wildman–Crippen MR) is 83.9 cm³/mol. The minimum absolute atomic E-state index is 0.266. The summed E-state index contributed by atoms with van der Waals surface area (Å²) >= 11 is 0. The number of amides is 1. The first kappa shape index (κ1) is 13.6. The van der Waals surface area contributed by atoms with Gasteiger partial charge in [-0.05, 0) is 60.4 Å². The van der Waals surface area contributed by atoms with Crippen molar-refractivity contribution in [1.82, 2.24) is 5.43 Å². The average molecular weight is 281 g/mol. The maximum Gasteiger partial charge on any atom is 0.265 e. The SMILES string of the molecule is Cc1cc2c(cc1C)CN(c1ccc(C(=O)NN)cc1)C2. The molecular formula is C17H19N3O. The molecule has 1 heterocycles. The number of rotatable bonds is 2. The third-order valence-corrected chi connectivity index (χ3v) is 4.16. The lowest BCUT2D eigenvalue weighted by molar-refractivity contribution is 0.0953. The Morgan fingerprint density at radius 1 is 1.05 bits per heavy atom. The summed E-state index contributed by atoms with van der Waals surface area (Å²) in [4.78, 5) is 13.8. The summed E-state index contributed by atoms with van der Waals surface area (Å²) in [5.74, 6) is 4.87. The number of nitrogen functional groups attached to an aromatic ring is 1. The van der Waals surface area contributed by atoms with E-state index in [1.54, 1.807) is 12.1 Å². The zero-order chi connectivity index (χ0) is 15.0. The van der Waals surface area contributed by atoms with Crippen LogP contribution < -0.4 is 16.2 Å². The zero-order valence-electron chi connectivity index (χ0n) is 12.3. The van der Waals surface area contributed by atoms with Crippen LogP contribution in [0.5, 0.6) is 0 Å². The Morgan fingerprint density at radius 2 is 1.57 bits per heavy atom. The Morgan fingerprint density at radius 3 is 2.05 bits per heavy atom. The van der Waals surface area contributed by atoms with Crippen LogP contribution in [0.1, 0.15) is 32.6 Å². The molecule has 0 spiro atoms. The fourth-order valence-electron chi connectivity index (χ4n) is 2.79. The Balaban J connectivity index is 1.82. The minimum atomic E-state index is -0.266. The monoisotopic (exact) mass is 281 g/mol. The van der Waals surface area contributed by atoms with E-state index < -0.39 is 0 Å². The topological polar surface area (TPSA) is 58.4 Å². The molecule has 0 saturated carbocycles. The number of nitrogens with zero attached hydrogens (tertiary/aromatic N) is 1. The van der Waals surface area contributed by atoms with E-state index in [9.17, 15) is 4.79 Å². The van der Waals surface area contributed by atoms with Crippen LogP contribution in [-0.4, -0.2) is 5.91 Å². The van der Waals surface area contributed by atoms with Crippen LogP contribution in [0, 0.1) is 13.8 Å². The van der Waals surface area contributed by atoms with Crippen LogP contribution in [-0.2, 0) is 13.1 Å². The maximum absolute atomic E-state index is 11.4. The predicted octanol–water partition coefficient (Wildman–Crippen LogP) is 2.43. The fourth-order valence-corrected chi connectivity index (χ4v) is 2.79. The van der Waals surface area contributed by atoms with E-state index in [1.165, 1.54) is 22.3 Å². The van der Waals surface area contributed by atoms with Gasteiger partial charge in [0.05, 0.1) is 0 Å². The molecule has 3 rings (SSSR count). The van der Waals surface area contributed by atoms with Crippen molar-refractivity contribution in [1.29, 1.82) is 0 Å². The van der Waals surface area contributed by atoms with Gasteiger partial charge in [-0.2, -0.15) is 0 Å². The van der Waals surface area contributed by atoms with E-state index in [2.05, 4.69) is 36.3 Å². The number of hydrogen-bond donors (Lipinski definition) is 2. The summed E-state index contributed by atoms with van der Waals surface area (Å²) < 4.78 is 0. The van der Waals surface area contributed by atoms with E-state index in [-0.39, 0.29) is 5.91 Å². The van der Waals surface area contributed by atoms with Gasteiger partial charge in [-0.15, -0.1) is 0 Å². The van der Waals surface area contributed by atoms with E-state index in [0.29, 0.717) is 5.56 Å². The first-order valence-electron chi connectivity index (χ1n) is 7.03. The molecule has 21 heavy (non-hydrogen) atoms. The number of hydrogen-bond acceptors (Lipinski definition) is 3. The third kappa shape index (κ3) is 2.50. The van der Waals surface area contributed by atoms with E-state index in [1.807, 2.05) is 12.1 Å². The molecule has 0 aromatic heterocycles. The van der Waals surface area contributed by atoms with Crippen LogP contribution in [0.15, 0.2) is 36.4 Å². The van der Waals surface area contributed by atoms with Crippen molar-refractivity contribution in [3.63, 3.8) is 0 Å².